The molecule has 224 valence electrons. The Balaban J connectivity index is 1.58. The van der Waals surface area contributed by atoms with E-state index in [0.29, 0.717) is 22.3 Å². The van der Waals surface area contributed by atoms with Gasteiger partial charge in [-0.3, -0.25) is 0 Å². The van der Waals surface area contributed by atoms with Gasteiger partial charge in [0.05, 0.1) is 11.0 Å². The van der Waals surface area contributed by atoms with Crippen molar-refractivity contribution in [1.29, 1.82) is 0 Å². The lowest BCUT2D eigenvalue weighted by molar-refractivity contribution is 1.56. The van der Waals surface area contributed by atoms with E-state index in [1.165, 1.54) is 0 Å². The molecule has 0 unspecified atom stereocenters. The van der Waals surface area contributed by atoms with Crippen LogP contribution in [0.2, 0.25) is 0 Å². The minimum atomic E-state index is -0.432. The lowest BCUT2D eigenvalue weighted by Gasteiger charge is -2.23. The zero-order valence-electron chi connectivity index (χ0n) is 33.9. The third-order valence-electron chi connectivity index (χ3n) is 9.08. The summed E-state index contributed by atoms with van der Waals surface area (Å²) in [4.78, 5) is 0. The highest BCUT2D eigenvalue weighted by molar-refractivity contribution is 6.24. The number of rotatable bonds is 5. The zero-order valence-corrected chi connectivity index (χ0v) is 25.9. The molecule has 9 aromatic rings. The van der Waals surface area contributed by atoms with Crippen molar-refractivity contribution in [2.75, 3.05) is 0 Å². The third kappa shape index (κ3) is 4.78. The molecule has 0 aromatic heterocycles. The van der Waals surface area contributed by atoms with Crippen LogP contribution in [0.25, 0.3) is 88.0 Å². The van der Waals surface area contributed by atoms with Gasteiger partial charge in [-0.1, -0.05) is 176 Å². The van der Waals surface area contributed by atoms with E-state index in [1.54, 1.807) is 12.1 Å². The Labute approximate surface area is 292 Å². The van der Waals surface area contributed by atoms with Gasteiger partial charge in [-0.05, 0) is 106 Å². The largest absolute Gasteiger partial charge is 0.0629 e. The van der Waals surface area contributed by atoms with E-state index < -0.39 is 24.2 Å². The highest BCUT2D eigenvalue weighted by Crippen LogP contribution is 2.50. The minimum absolute atomic E-state index is 0.181. The predicted octanol–water partition coefficient (Wildman–Crippen LogP) is 13.5. The van der Waals surface area contributed by atoms with E-state index >= 15 is 0 Å². The summed E-state index contributed by atoms with van der Waals surface area (Å²) in [5.41, 5.74) is 6.84. The van der Waals surface area contributed by atoms with Crippen LogP contribution >= 0.6 is 0 Å². The molecule has 0 nitrogen and oxygen atoms in total. The molecule has 0 fully saturated rings. The molecular weight excluding hydrogens is 577 g/mol. The number of fused-ring (bicyclic) bond motifs is 3. The van der Waals surface area contributed by atoms with Crippen molar-refractivity contribution in [3.8, 4) is 55.6 Å². The standard InChI is InChI=1S/C48H32/c1-4-17-34(18-5-1)44-31-39(38-29-28-33-16-10-11-23-37(33)30-38)32-45(35-19-6-2-7-20-35)48(44)47-42-26-14-12-24-40(42)46(36-21-8-3-9-22-36)41-25-13-15-27-43(41)47/h1-32H/i12D,13D,14D,15D,24D,25D,26D,27D. The Morgan fingerprint density at radius 3 is 1.25 bits per heavy atom. The Morgan fingerprint density at radius 1 is 0.292 bits per heavy atom. The normalized spacial score (nSPS) is 13.7. The number of hydrogen-bond donors (Lipinski definition) is 0. The van der Waals surface area contributed by atoms with Gasteiger partial charge >= 0.3 is 0 Å². The highest BCUT2D eigenvalue weighted by atomic mass is 14.3. The number of hydrogen-bond acceptors (Lipinski definition) is 0. The van der Waals surface area contributed by atoms with Gasteiger partial charge in [0.25, 0.3) is 0 Å². The van der Waals surface area contributed by atoms with E-state index in [0.717, 1.165) is 44.2 Å². The van der Waals surface area contributed by atoms with Crippen molar-refractivity contribution in [1.82, 2.24) is 0 Å². The Morgan fingerprint density at radius 2 is 0.729 bits per heavy atom. The first kappa shape index (κ1) is 20.8. The van der Waals surface area contributed by atoms with E-state index in [9.17, 15) is 5.48 Å². The van der Waals surface area contributed by atoms with E-state index in [4.69, 9.17) is 5.48 Å². The molecule has 0 heterocycles. The molecule has 0 aliphatic heterocycles. The van der Waals surface area contributed by atoms with Crippen molar-refractivity contribution in [2.24, 2.45) is 0 Å². The van der Waals surface area contributed by atoms with Crippen LogP contribution < -0.4 is 0 Å². The van der Waals surface area contributed by atoms with Gasteiger partial charge in [0.15, 0.2) is 0 Å². The number of benzene rings is 9. The van der Waals surface area contributed by atoms with Crippen LogP contribution in [-0.2, 0) is 0 Å². The molecule has 0 amide bonds. The van der Waals surface area contributed by atoms with Crippen molar-refractivity contribution in [3.05, 3.63) is 194 Å². The zero-order chi connectivity index (χ0) is 38.8. The fourth-order valence-electron chi connectivity index (χ4n) is 6.91. The van der Waals surface area contributed by atoms with Crippen LogP contribution in [0.4, 0.5) is 0 Å². The average Bonchev–Trinajstić information content (AvgIpc) is 3.25. The molecule has 0 N–H and O–H groups in total. The first-order valence-electron chi connectivity index (χ1n) is 20.0. The third-order valence-corrected chi connectivity index (χ3v) is 9.08. The molecule has 0 spiro atoms. The quantitative estimate of drug-likeness (QED) is 0.169. The fraction of sp³-hybridized carbons (Fsp3) is 0. The molecule has 0 atom stereocenters. The van der Waals surface area contributed by atoms with Gasteiger partial charge in [0.2, 0.25) is 0 Å². The average molecular weight is 617 g/mol. The highest BCUT2D eigenvalue weighted by Gasteiger charge is 2.23. The maximum Gasteiger partial charge on any atom is 0.0629 e. The molecule has 48 heavy (non-hydrogen) atoms. The summed E-state index contributed by atoms with van der Waals surface area (Å²) >= 11 is 0. The van der Waals surface area contributed by atoms with Gasteiger partial charge in [-0.15, -0.1) is 0 Å². The molecule has 0 bridgehead atoms. The van der Waals surface area contributed by atoms with Crippen molar-refractivity contribution in [2.45, 2.75) is 0 Å². The smallest absolute Gasteiger partial charge is 0.0622 e. The summed E-state index contributed by atoms with van der Waals surface area (Å²) in [6.45, 7) is 0. The summed E-state index contributed by atoms with van der Waals surface area (Å²) in [6.07, 6.45) is 0. The van der Waals surface area contributed by atoms with E-state index in [2.05, 4.69) is 42.5 Å². The first-order chi connectivity index (χ1) is 27.2. The second-order valence-corrected chi connectivity index (χ2v) is 11.9. The molecule has 0 saturated heterocycles. The SMILES string of the molecule is [2H]c1c([2H])c([2H])c2c(-c3c(-c4ccccc4)cc(-c4ccc5ccccc5c4)cc3-c3ccccc3)c3c([2H])c([2H])c([2H])c([2H])c3c(-c3ccccc3)c2c1[2H]. The summed E-state index contributed by atoms with van der Waals surface area (Å²) in [5, 5.41) is 2.93. The van der Waals surface area contributed by atoms with E-state index in [1.807, 2.05) is 91.0 Å². The summed E-state index contributed by atoms with van der Waals surface area (Å²) in [7, 11) is 0. The molecular formula is C48H32. The van der Waals surface area contributed by atoms with Crippen LogP contribution in [0, 0.1) is 0 Å². The van der Waals surface area contributed by atoms with Crippen molar-refractivity contribution >= 4 is 32.3 Å². The summed E-state index contributed by atoms with van der Waals surface area (Å²) < 4.78 is 73.8. The van der Waals surface area contributed by atoms with E-state index in [-0.39, 0.29) is 45.7 Å². The maximum absolute atomic E-state index is 9.59. The molecule has 0 saturated carbocycles. The monoisotopic (exact) mass is 616 g/mol. The summed E-state index contributed by atoms with van der Waals surface area (Å²) in [6, 6.07) is 44.5. The van der Waals surface area contributed by atoms with Gasteiger partial charge in [-0.25, -0.2) is 0 Å². The molecule has 0 radical (unpaired) electrons. The fourth-order valence-corrected chi connectivity index (χ4v) is 6.91. The van der Waals surface area contributed by atoms with Gasteiger partial charge in [0.1, 0.15) is 0 Å². The molecule has 9 rings (SSSR count). The first-order valence-corrected chi connectivity index (χ1v) is 16.0. The minimum Gasteiger partial charge on any atom is -0.0622 e. The van der Waals surface area contributed by atoms with Crippen LogP contribution in [0.1, 0.15) is 11.0 Å². The predicted molar refractivity (Wildman–Crippen MR) is 206 cm³/mol. The Hall–Kier alpha value is -6.24. The summed E-state index contributed by atoms with van der Waals surface area (Å²) in [5.74, 6) is 0. The molecule has 0 heteroatoms. The second-order valence-electron chi connectivity index (χ2n) is 11.9. The van der Waals surface area contributed by atoms with Crippen LogP contribution in [0.5, 0.6) is 0 Å². The second kappa shape index (κ2) is 11.8. The maximum atomic E-state index is 9.59. The van der Waals surface area contributed by atoms with Gasteiger partial charge in [-0.2, -0.15) is 0 Å². The van der Waals surface area contributed by atoms with Gasteiger partial charge in [0, 0.05) is 0 Å². The Bertz CT molecular complexity index is 2890. The molecule has 0 aliphatic carbocycles. The van der Waals surface area contributed by atoms with Crippen molar-refractivity contribution in [3.63, 3.8) is 0 Å². The lowest BCUT2D eigenvalue weighted by atomic mass is 9.79. The molecule has 0 aliphatic rings. The molecule has 9 aromatic carbocycles. The van der Waals surface area contributed by atoms with Crippen molar-refractivity contribution < 1.29 is 11.0 Å². The van der Waals surface area contributed by atoms with Crippen LogP contribution in [0.15, 0.2) is 194 Å². The topological polar surface area (TPSA) is 0 Å². The lowest BCUT2D eigenvalue weighted by Crippen LogP contribution is -1.96. The van der Waals surface area contributed by atoms with Gasteiger partial charge < -0.3 is 0 Å². The van der Waals surface area contributed by atoms with Crippen LogP contribution in [0.3, 0.4) is 0 Å². The Kier molecular flexibility index (Phi) is 5.13. The van der Waals surface area contributed by atoms with Crippen LogP contribution in [-0.4, -0.2) is 0 Å².